The smallest absolute Gasteiger partial charge is 0.325 e. The van der Waals surface area contributed by atoms with Gasteiger partial charge in [0.2, 0.25) is 5.91 Å². The van der Waals surface area contributed by atoms with Crippen LogP contribution >= 0.6 is 11.3 Å². The Bertz CT molecular complexity index is 799. The summed E-state index contributed by atoms with van der Waals surface area (Å²) in [6.45, 7) is 0.690. The summed E-state index contributed by atoms with van der Waals surface area (Å²) < 4.78 is 5.48. The van der Waals surface area contributed by atoms with Gasteiger partial charge in [0.25, 0.3) is 0 Å². The minimum Gasteiger partial charge on any atom is -0.460 e. The van der Waals surface area contributed by atoms with Crippen molar-refractivity contribution in [2.24, 2.45) is 0 Å². The van der Waals surface area contributed by atoms with E-state index in [-0.39, 0.29) is 24.5 Å². The minimum atomic E-state index is -0.616. The fraction of sp³-hybridized carbons (Fsp3) is 0.556. The predicted molar refractivity (Wildman–Crippen MR) is 140 cm³/mol. The van der Waals surface area contributed by atoms with E-state index in [9.17, 15) is 9.59 Å². The SMILES string of the molecule is CNCC(NC(=O)CCCCCCCCCc1ccsc1)C(NC)C(=O)OCc1ccccc1. The molecule has 2 rings (SSSR count). The van der Waals surface area contributed by atoms with E-state index in [4.69, 9.17) is 4.74 Å². The van der Waals surface area contributed by atoms with Crippen LogP contribution in [0.15, 0.2) is 47.2 Å². The van der Waals surface area contributed by atoms with Crippen molar-refractivity contribution in [2.75, 3.05) is 20.6 Å². The fourth-order valence-corrected chi connectivity index (χ4v) is 4.69. The third-order valence-electron chi connectivity index (χ3n) is 5.91. The number of likely N-dealkylation sites (N-methyl/N-ethyl adjacent to an activating group) is 2. The van der Waals surface area contributed by atoms with Gasteiger partial charge in [-0.3, -0.25) is 9.59 Å². The first-order valence-corrected chi connectivity index (χ1v) is 13.4. The molecule has 2 aromatic rings. The number of benzene rings is 1. The molecule has 2 unspecified atom stereocenters. The van der Waals surface area contributed by atoms with Crippen LogP contribution in [0.2, 0.25) is 0 Å². The monoisotopic (exact) mass is 487 g/mol. The molecule has 0 aliphatic heterocycles. The van der Waals surface area contributed by atoms with Gasteiger partial charge in [0, 0.05) is 13.0 Å². The van der Waals surface area contributed by atoms with Crippen LogP contribution in [-0.2, 0) is 27.4 Å². The van der Waals surface area contributed by atoms with Crippen molar-refractivity contribution in [2.45, 2.75) is 76.5 Å². The Labute approximate surface area is 208 Å². The maximum atomic E-state index is 12.7. The predicted octanol–water partition coefficient (Wildman–Crippen LogP) is 4.45. The first kappa shape index (κ1) is 28.0. The number of amides is 1. The van der Waals surface area contributed by atoms with Gasteiger partial charge in [-0.05, 0) is 61.3 Å². The Morgan fingerprint density at radius 1 is 0.912 bits per heavy atom. The molecule has 1 aromatic carbocycles. The van der Waals surface area contributed by atoms with Crippen molar-refractivity contribution in [1.82, 2.24) is 16.0 Å². The van der Waals surface area contributed by atoms with E-state index in [1.807, 2.05) is 37.4 Å². The molecule has 7 heteroatoms. The van der Waals surface area contributed by atoms with Crippen LogP contribution in [0.5, 0.6) is 0 Å². The minimum absolute atomic E-state index is 0.0212. The Kier molecular flexibility index (Phi) is 14.2. The Morgan fingerprint density at radius 2 is 1.62 bits per heavy atom. The van der Waals surface area contributed by atoms with Crippen LogP contribution in [0.1, 0.15) is 62.5 Å². The molecule has 0 bridgehead atoms. The zero-order chi connectivity index (χ0) is 24.4. The average molecular weight is 488 g/mol. The molecule has 0 saturated heterocycles. The topological polar surface area (TPSA) is 79.5 Å². The molecule has 1 amide bonds. The summed E-state index contributed by atoms with van der Waals surface area (Å²) in [4.78, 5) is 25.2. The summed E-state index contributed by atoms with van der Waals surface area (Å²) in [6.07, 6.45) is 9.77. The number of rotatable bonds is 18. The maximum absolute atomic E-state index is 12.7. The second-order valence-electron chi connectivity index (χ2n) is 8.70. The van der Waals surface area contributed by atoms with Gasteiger partial charge in [0.05, 0.1) is 6.04 Å². The standard InChI is InChI=1S/C27H41N3O3S/c1-28-19-24(26(29-2)27(32)33-20-22-13-10-8-11-14-22)30-25(31)16-12-7-5-3-4-6-9-15-23-17-18-34-21-23/h8,10-11,13-14,17-18,21,24,26,28-29H,3-7,9,12,15-16,19-20H2,1-2H3,(H,30,31). The molecule has 1 heterocycles. The molecule has 0 fully saturated rings. The number of hydrogen-bond acceptors (Lipinski definition) is 6. The van der Waals surface area contributed by atoms with Crippen LogP contribution in [0.25, 0.3) is 0 Å². The number of unbranched alkanes of at least 4 members (excludes halogenated alkanes) is 6. The third kappa shape index (κ3) is 11.3. The fourth-order valence-electron chi connectivity index (χ4n) is 3.99. The normalized spacial score (nSPS) is 12.8. The highest BCUT2D eigenvalue weighted by atomic mass is 32.1. The second kappa shape index (κ2) is 17.2. The van der Waals surface area contributed by atoms with E-state index in [0.29, 0.717) is 13.0 Å². The van der Waals surface area contributed by atoms with E-state index < -0.39 is 6.04 Å². The molecule has 0 radical (unpaired) electrons. The van der Waals surface area contributed by atoms with Gasteiger partial charge in [0.15, 0.2) is 0 Å². The lowest BCUT2D eigenvalue weighted by Crippen LogP contribution is -2.57. The van der Waals surface area contributed by atoms with Crippen molar-refractivity contribution in [3.05, 3.63) is 58.3 Å². The first-order chi connectivity index (χ1) is 16.6. The van der Waals surface area contributed by atoms with Crippen LogP contribution < -0.4 is 16.0 Å². The lowest BCUT2D eigenvalue weighted by molar-refractivity contribution is -0.148. The molecule has 2 atom stereocenters. The Morgan fingerprint density at radius 3 is 2.26 bits per heavy atom. The largest absolute Gasteiger partial charge is 0.460 e. The number of ether oxygens (including phenoxy) is 1. The van der Waals surface area contributed by atoms with Crippen LogP contribution in [0.3, 0.4) is 0 Å². The molecular weight excluding hydrogens is 446 g/mol. The number of thiophene rings is 1. The van der Waals surface area contributed by atoms with Crippen molar-refractivity contribution in [3.8, 4) is 0 Å². The number of esters is 1. The number of aryl methyl sites for hydroxylation is 1. The maximum Gasteiger partial charge on any atom is 0.325 e. The summed E-state index contributed by atoms with van der Waals surface area (Å²) in [7, 11) is 3.52. The van der Waals surface area contributed by atoms with Gasteiger partial charge < -0.3 is 20.7 Å². The molecule has 34 heavy (non-hydrogen) atoms. The summed E-state index contributed by atoms with van der Waals surface area (Å²) >= 11 is 1.77. The average Bonchev–Trinajstić information content (AvgIpc) is 3.36. The molecule has 6 nitrogen and oxygen atoms in total. The summed E-state index contributed by atoms with van der Waals surface area (Å²) in [5, 5.41) is 13.5. The second-order valence-corrected chi connectivity index (χ2v) is 9.48. The summed E-state index contributed by atoms with van der Waals surface area (Å²) in [5.41, 5.74) is 2.39. The molecule has 1 aromatic heterocycles. The molecular formula is C27H41N3O3S. The molecule has 0 saturated carbocycles. The summed E-state index contributed by atoms with van der Waals surface area (Å²) in [5.74, 6) is -0.391. The number of carbonyl (C=O) groups is 2. The van der Waals surface area contributed by atoms with E-state index in [0.717, 1.165) is 24.8 Å². The van der Waals surface area contributed by atoms with Crippen LogP contribution in [-0.4, -0.2) is 44.6 Å². The van der Waals surface area contributed by atoms with E-state index in [1.54, 1.807) is 18.4 Å². The zero-order valence-corrected chi connectivity index (χ0v) is 21.5. The highest BCUT2D eigenvalue weighted by Crippen LogP contribution is 2.13. The Hall–Kier alpha value is -2.22. The van der Waals surface area contributed by atoms with Crippen LogP contribution in [0.4, 0.5) is 0 Å². The van der Waals surface area contributed by atoms with Gasteiger partial charge >= 0.3 is 5.97 Å². The number of carbonyl (C=O) groups excluding carboxylic acids is 2. The number of hydrogen-bond donors (Lipinski definition) is 3. The van der Waals surface area contributed by atoms with Gasteiger partial charge in [-0.15, -0.1) is 0 Å². The van der Waals surface area contributed by atoms with Crippen molar-refractivity contribution in [1.29, 1.82) is 0 Å². The van der Waals surface area contributed by atoms with Gasteiger partial charge in [0.1, 0.15) is 12.6 Å². The van der Waals surface area contributed by atoms with E-state index >= 15 is 0 Å². The van der Waals surface area contributed by atoms with Crippen molar-refractivity contribution < 1.29 is 14.3 Å². The highest BCUT2D eigenvalue weighted by molar-refractivity contribution is 7.07. The lowest BCUT2D eigenvalue weighted by atomic mass is 10.0. The van der Waals surface area contributed by atoms with Gasteiger partial charge in [-0.25, -0.2) is 0 Å². The number of nitrogens with one attached hydrogen (secondary N) is 3. The third-order valence-corrected chi connectivity index (χ3v) is 6.64. The molecule has 0 aliphatic carbocycles. The van der Waals surface area contributed by atoms with Crippen molar-refractivity contribution in [3.63, 3.8) is 0 Å². The quantitative estimate of drug-likeness (QED) is 0.214. The molecule has 3 N–H and O–H groups in total. The van der Waals surface area contributed by atoms with E-state index in [2.05, 4.69) is 32.8 Å². The molecule has 0 spiro atoms. The molecule has 188 valence electrons. The zero-order valence-electron chi connectivity index (χ0n) is 20.7. The van der Waals surface area contributed by atoms with Crippen molar-refractivity contribution >= 4 is 23.2 Å². The van der Waals surface area contributed by atoms with Gasteiger partial charge in [-0.1, -0.05) is 62.4 Å². The summed E-state index contributed by atoms with van der Waals surface area (Å²) in [6, 6.07) is 10.8. The first-order valence-electron chi connectivity index (χ1n) is 12.5. The van der Waals surface area contributed by atoms with Crippen LogP contribution in [0, 0.1) is 0 Å². The lowest BCUT2D eigenvalue weighted by Gasteiger charge is -2.26. The Balaban J connectivity index is 1.61. The van der Waals surface area contributed by atoms with Gasteiger partial charge in [-0.2, -0.15) is 11.3 Å². The van der Waals surface area contributed by atoms with E-state index in [1.165, 1.54) is 37.7 Å². The highest BCUT2D eigenvalue weighted by Gasteiger charge is 2.29. The molecule has 0 aliphatic rings.